The molecule has 0 radical (unpaired) electrons. The number of carboxylic acids is 1. The first-order chi connectivity index (χ1) is 8.97. The highest BCUT2D eigenvalue weighted by atomic mass is 32.1. The van der Waals surface area contributed by atoms with E-state index in [0.29, 0.717) is 18.0 Å². The monoisotopic (exact) mass is 285 g/mol. The Kier molecular flexibility index (Phi) is 5.41. The van der Waals surface area contributed by atoms with Crippen molar-refractivity contribution in [3.63, 3.8) is 0 Å². The lowest BCUT2D eigenvalue weighted by molar-refractivity contribution is -0.151. The summed E-state index contributed by atoms with van der Waals surface area (Å²) in [6, 6.07) is 0. The van der Waals surface area contributed by atoms with Gasteiger partial charge in [0.05, 0.1) is 5.41 Å². The van der Waals surface area contributed by atoms with E-state index in [2.05, 4.69) is 15.5 Å². The predicted octanol–water partition coefficient (Wildman–Crippen LogP) is 2.32. The number of rotatable bonds is 7. The number of amides is 1. The summed E-state index contributed by atoms with van der Waals surface area (Å²) in [4.78, 5) is 23.2. The molecule has 1 rings (SSSR count). The van der Waals surface area contributed by atoms with Crippen molar-refractivity contribution in [2.24, 2.45) is 5.41 Å². The van der Waals surface area contributed by atoms with Crippen molar-refractivity contribution in [1.82, 2.24) is 10.2 Å². The van der Waals surface area contributed by atoms with Gasteiger partial charge in [-0.1, -0.05) is 32.1 Å². The van der Waals surface area contributed by atoms with E-state index in [4.69, 9.17) is 0 Å². The second-order valence-electron chi connectivity index (χ2n) is 4.37. The van der Waals surface area contributed by atoms with Crippen LogP contribution in [0.15, 0.2) is 0 Å². The zero-order valence-corrected chi connectivity index (χ0v) is 12.2. The van der Waals surface area contributed by atoms with Crippen LogP contribution in [0.5, 0.6) is 0 Å². The molecule has 2 N–H and O–H groups in total. The number of anilines is 1. The minimum absolute atomic E-state index is 0.0453. The standard InChI is InChI=1S/C12H19N3O3S/c1-4-9-14-15-11(19-9)13-8(16)7-12(5-2,6-3)10(17)18/h4-7H2,1-3H3,(H,17,18)(H,13,15,16). The van der Waals surface area contributed by atoms with Gasteiger partial charge in [-0.2, -0.15) is 0 Å². The number of hydrogen-bond acceptors (Lipinski definition) is 5. The number of hydrogen-bond donors (Lipinski definition) is 2. The Bertz CT molecular complexity index is 455. The van der Waals surface area contributed by atoms with Gasteiger partial charge in [0.2, 0.25) is 11.0 Å². The SMILES string of the molecule is CCc1nnc(NC(=O)CC(CC)(CC)C(=O)O)s1. The molecule has 0 aliphatic rings. The summed E-state index contributed by atoms with van der Waals surface area (Å²) in [5, 5.41) is 20.9. The summed E-state index contributed by atoms with van der Waals surface area (Å²) in [5.74, 6) is -1.26. The molecule has 0 aliphatic carbocycles. The molecule has 0 bridgehead atoms. The lowest BCUT2D eigenvalue weighted by Crippen LogP contribution is -2.34. The molecule has 1 amide bonds. The van der Waals surface area contributed by atoms with Crippen molar-refractivity contribution in [2.75, 3.05) is 5.32 Å². The molecule has 1 aromatic heterocycles. The van der Waals surface area contributed by atoms with Gasteiger partial charge >= 0.3 is 5.97 Å². The molecule has 6 nitrogen and oxygen atoms in total. The van der Waals surface area contributed by atoms with Crippen molar-refractivity contribution in [3.8, 4) is 0 Å². The van der Waals surface area contributed by atoms with Crippen molar-refractivity contribution in [3.05, 3.63) is 5.01 Å². The molecule has 0 atom stereocenters. The van der Waals surface area contributed by atoms with E-state index in [1.165, 1.54) is 11.3 Å². The number of aliphatic carboxylic acids is 1. The second-order valence-corrected chi connectivity index (χ2v) is 5.43. The van der Waals surface area contributed by atoms with E-state index in [1.54, 1.807) is 13.8 Å². The van der Waals surface area contributed by atoms with Gasteiger partial charge in [0.1, 0.15) is 5.01 Å². The highest BCUT2D eigenvalue weighted by Crippen LogP contribution is 2.31. The topological polar surface area (TPSA) is 92.2 Å². The van der Waals surface area contributed by atoms with Crippen LogP contribution in [0.1, 0.15) is 45.0 Å². The van der Waals surface area contributed by atoms with Crippen LogP contribution in [0.2, 0.25) is 0 Å². The third kappa shape index (κ3) is 3.73. The van der Waals surface area contributed by atoms with Crippen LogP contribution < -0.4 is 5.32 Å². The number of carbonyl (C=O) groups is 2. The smallest absolute Gasteiger partial charge is 0.310 e. The summed E-state index contributed by atoms with van der Waals surface area (Å²) < 4.78 is 0. The first-order valence-electron chi connectivity index (χ1n) is 6.33. The van der Waals surface area contributed by atoms with Gasteiger partial charge < -0.3 is 10.4 Å². The molecule has 0 unspecified atom stereocenters. The fourth-order valence-electron chi connectivity index (χ4n) is 1.80. The summed E-state index contributed by atoms with van der Waals surface area (Å²) >= 11 is 1.31. The second kappa shape index (κ2) is 6.60. The highest BCUT2D eigenvalue weighted by molar-refractivity contribution is 7.15. The van der Waals surface area contributed by atoms with E-state index in [9.17, 15) is 14.7 Å². The lowest BCUT2D eigenvalue weighted by atomic mass is 9.79. The Hall–Kier alpha value is -1.50. The molecule has 1 heterocycles. The van der Waals surface area contributed by atoms with Crippen LogP contribution in [0.3, 0.4) is 0 Å². The Morgan fingerprint density at radius 2 is 1.89 bits per heavy atom. The van der Waals surface area contributed by atoms with Crippen LogP contribution in [-0.4, -0.2) is 27.2 Å². The Labute approximate surface area is 116 Å². The fraction of sp³-hybridized carbons (Fsp3) is 0.667. The van der Waals surface area contributed by atoms with Gasteiger partial charge in [0.15, 0.2) is 0 Å². The largest absolute Gasteiger partial charge is 0.481 e. The summed E-state index contributed by atoms with van der Waals surface area (Å²) in [5.41, 5.74) is -0.998. The van der Waals surface area contributed by atoms with Crippen molar-refractivity contribution in [1.29, 1.82) is 0 Å². The Balaban J connectivity index is 2.70. The first-order valence-corrected chi connectivity index (χ1v) is 7.14. The molecule has 106 valence electrons. The average Bonchev–Trinajstić information content (AvgIpc) is 2.83. The van der Waals surface area contributed by atoms with Crippen LogP contribution >= 0.6 is 11.3 Å². The lowest BCUT2D eigenvalue weighted by Gasteiger charge is -2.25. The quantitative estimate of drug-likeness (QED) is 0.802. The summed E-state index contributed by atoms with van der Waals surface area (Å²) in [6.07, 6.45) is 1.55. The normalized spacial score (nSPS) is 11.3. The van der Waals surface area contributed by atoms with Crippen molar-refractivity contribution >= 4 is 28.3 Å². The zero-order chi connectivity index (χ0) is 14.5. The maximum absolute atomic E-state index is 11.9. The molecule has 0 aromatic carbocycles. The van der Waals surface area contributed by atoms with E-state index >= 15 is 0 Å². The van der Waals surface area contributed by atoms with E-state index in [-0.39, 0.29) is 12.3 Å². The van der Waals surface area contributed by atoms with Gasteiger partial charge in [-0.05, 0) is 19.3 Å². The van der Waals surface area contributed by atoms with E-state index < -0.39 is 11.4 Å². The minimum atomic E-state index is -0.998. The van der Waals surface area contributed by atoms with Gasteiger partial charge in [-0.3, -0.25) is 9.59 Å². The number of aromatic nitrogens is 2. The molecular formula is C12H19N3O3S. The third-order valence-electron chi connectivity index (χ3n) is 3.32. The fourth-order valence-corrected chi connectivity index (χ4v) is 2.49. The zero-order valence-electron chi connectivity index (χ0n) is 11.4. The number of carbonyl (C=O) groups excluding carboxylic acids is 1. The van der Waals surface area contributed by atoms with Crippen LogP contribution in [0.4, 0.5) is 5.13 Å². The molecular weight excluding hydrogens is 266 g/mol. The maximum atomic E-state index is 11.9. The van der Waals surface area contributed by atoms with Crippen LogP contribution in [0, 0.1) is 5.41 Å². The Morgan fingerprint density at radius 1 is 1.26 bits per heavy atom. The minimum Gasteiger partial charge on any atom is -0.481 e. The first kappa shape index (κ1) is 15.6. The van der Waals surface area contributed by atoms with Gasteiger partial charge in [-0.15, -0.1) is 10.2 Å². The number of nitrogens with zero attached hydrogens (tertiary/aromatic N) is 2. The number of carboxylic acid groups (broad SMARTS) is 1. The van der Waals surface area contributed by atoms with Gasteiger partial charge in [0.25, 0.3) is 0 Å². The number of aryl methyl sites for hydroxylation is 1. The molecule has 1 aromatic rings. The predicted molar refractivity (Wildman–Crippen MR) is 73.2 cm³/mol. The van der Waals surface area contributed by atoms with Crippen LogP contribution in [0.25, 0.3) is 0 Å². The van der Waals surface area contributed by atoms with E-state index in [0.717, 1.165) is 11.4 Å². The summed E-state index contributed by atoms with van der Waals surface area (Å²) in [7, 11) is 0. The molecule has 0 saturated carbocycles. The van der Waals surface area contributed by atoms with Gasteiger partial charge in [0, 0.05) is 6.42 Å². The van der Waals surface area contributed by atoms with Crippen LogP contribution in [-0.2, 0) is 16.0 Å². The average molecular weight is 285 g/mol. The summed E-state index contributed by atoms with van der Waals surface area (Å²) in [6.45, 7) is 5.52. The van der Waals surface area contributed by atoms with Crippen molar-refractivity contribution in [2.45, 2.75) is 46.5 Å². The molecule has 0 saturated heterocycles. The molecule has 0 spiro atoms. The molecule has 19 heavy (non-hydrogen) atoms. The Morgan fingerprint density at radius 3 is 2.32 bits per heavy atom. The molecule has 0 aliphatic heterocycles. The third-order valence-corrected chi connectivity index (χ3v) is 4.30. The van der Waals surface area contributed by atoms with Gasteiger partial charge in [-0.25, -0.2) is 0 Å². The van der Waals surface area contributed by atoms with E-state index in [1.807, 2.05) is 6.92 Å². The molecule has 0 fully saturated rings. The highest BCUT2D eigenvalue weighted by Gasteiger charge is 2.37. The maximum Gasteiger partial charge on any atom is 0.310 e. The number of nitrogens with one attached hydrogen (secondary N) is 1. The van der Waals surface area contributed by atoms with Crippen molar-refractivity contribution < 1.29 is 14.7 Å². The molecule has 7 heteroatoms.